The van der Waals surface area contributed by atoms with Gasteiger partial charge in [0.1, 0.15) is 29.3 Å². The molecular formula is C26H29ClN4O4. The number of ether oxygens (including phenoxy) is 1. The van der Waals surface area contributed by atoms with Gasteiger partial charge in [-0.1, -0.05) is 18.0 Å². The highest BCUT2D eigenvalue weighted by molar-refractivity contribution is 6.35. The van der Waals surface area contributed by atoms with E-state index in [-0.39, 0.29) is 28.9 Å². The Balaban J connectivity index is 1.38. The molecule has 3 atom stereocenters. The molecule has 1 spiro atoms. The van der Waals surface area contributed by atoms with Gasteiger partial charge in [-0.25, -0.2) is 0 Å². The van der Waals surface area contributed by atoms with Gasteiger partial charge in [0, 0.05) is 24.3 Å². The third kappa shape index (κ3) is 4.27. The van der Waals surface area contributed by atoms with Crippen LogP contribution in [0.25, 0.3) is 10.9 Å². The van der Waals surface area contributed by atoms with Gasteiger partial charge >= 0.3 is 0 Å². The van der Waals surface area contributed by atoms with Crippen LogP contribution in [0.4, 0.5) is 0 Å². The van der Waals surface area contributed by atoms with Crippen LogP contribution in [0, 0.1) is 22.7 Å². The Hall–Kier alpha value is -3.05. The number of benzene rings is 1. The lowest BCUT2D eigenvalue weighted by Gasteiger charge is -2.37. The Kier molecular flexibility index (Phi) is 6.22. The highest BCUT2D eigenvalue weighted by Crippen LogP contribution is 2.50. The molecule has 8 nitrogen and oxygen atoms in total. The number of halogens is 1. The number of aromatic amines is 1. The van der Waals surface area contributed by atoms with E-state index in [2.05, 4.69) is 16.4 Å². The van der Waals surface area contributed by atoms with Crippen molar-refractivity contribution < 1.29 is 19.1 Å². The number of Topliss-reactive ketones (excluding diaryl/α,β-unsaturated/α-hetero) is 1. The number of nitrogens with one attached hydrogen (secondary N) is 2. The molecule has 5 rings (SSSR count). The van der Waals surface area contributed by atoms with Crippen molar-refractivity contribution in [3.05, 3.63) is 28.9 Å². The van der Waals surface area contributed by atoms with Crippen LogP contribution in [0.2, 0.25) is 5.02 Å². The minimum absolute atomic E-state index is 0.0530. The van der Waals surface area contributed by atoms with E-state index >= 15 is 0 Å². The third-order valence-corrected chi connectivity index (χ3v) is 8.38. The number of aromatic nitrogens is 1. The number of hydrogen-bond acceptors (Lipinski definition) is 5. The average Bonchev–Trinajstić information content (AvgIpc) is 3.55. The lowest BCUT2D eigenvalue weighted by atomic mass is 9.67. The number of amides is 2. The number of nitriles is 1. The van der Waals surface area contributed by atoms with Gasteiger partial charge in [-0.15, -0.1) is 0 Å². The maximum absolute atomic E-state index is 13.7. The molecule has 1 aromatic heterocycles. The predicted octanol–water partition coefficient (Wildman–Crippen LogP) is 3.98. The zero-order chi connectivity index (χ0) is 24.7. The Morgan fingerprint density at radius 2 is 2.17 bits per heavy atom. The predicted molar refractivity (Wildman–Crippen MR) is 130 cm³/mol. The largest absolute Gasteiger partial charge is 0.496 e. The summed E-state index contributed by atoms with van der Waals surface area (Å²) >= 11 is 6.34. The molecule has 1 saturated heterocycles. The quantitative estimate of drug-likeness (QED) is 0.627. The van der Waals surface area contributed by atoms with Crippen molar-refractivity contribution >= 4 is 40.1 Å². The fourth-order valence-electron chi connectivity index (χ4n) is 5.98. The maximum Gasteiger partial charge on any atom is 0.271 e. The first-order chi connectivity index (χ1) is 16.8. The number of methoxy groups -OCH3 is 1. The first-order valence-corrected chi connectivity index (χ1v) is 12.6. The highest BCUT2D eigenvalue weighted by atomic mass is 35.5. The third-order valence-electron chi connectivity index (χ3n) is 8.06. The highest BCUT2D eigenvalue weighted by Gasteiger charge is 2.52. The Bertz CT molecular complexity index is 1230. The minimum atomic E-state index is -0.749. The van der Waals surface area contributed by atoms with E-state index in [9.17, 15) is 19.6 Å². The minimum Gasteiger partial charge on any atom is -0.496 e. The summed E-state index contributed by atoms with van der Waals surface area (Å²) in [5.41, 5.74) is 0.899. The summed E-state index contributed by atoms with van der Waals surface area (Å²) in [6.07, 6.45) is 6.08. The van der Waals surface area contributed by atoms with Crippen molar-refractivity contribution in [1.82, 2.24) is 15.2 Å². The lowest BCUT2D eigenvalue weighted by Crippen LogP contribution is -2.49. The van der Waals surface area contributed by atoms with Gasteiger partial charge in [0.2, 0.25) is 5.91 Å². The van der Waals surface area contributed by atoms with Crippen molar-refractivity contribution in [2.75, 3.05) is 13.7 Å². The van der Waals surface area contributed by atoms with E-state index in [1.165, 1.54) is 0 Å². The zero-order valence-corrected chi connectivity index (χ0v) is 20.5. The summed E-state index contributed by atoms with van der Waals surface area (Å²) in [5, 5.41) is 13.7. The molecule has 0 bridgehead atoms. The van der Waals surface area contributed by atoms with Gasteiger partial charge in [0.15, 0.2) is 0 Å². The van der Waals surface area contributed by atoms with Gasteiger partial charge in [-0.3, -0.25) is 14.4 Å². The second-order valence-electron chi connectivity index (χ2n) is 10.2. The number of hydrogen-bond donors (Lipinski definition) is 2. The number of fused-ring (bicyclic) bond motifs is 1. The van der Waals surface area contributed by atoms with Gasteiger partial charge in [-0.2, -0.15) is 5.26 Å². The SMILES string of the molecule is COc1ccc(Cl)c2[nH]c(C(=O)N3CC4(CCC4)CC3C(=O)N[C@H](C#N)C[C@@H]3CCCC3=O)cc12. The van der Waals surface area contributed by atoms with Crippen molar-refractivity contribution in [1.29, 1.82) is 5.26 Å². The van der Waals surface area contributed by atoms with E-state index in [0.29, 0.717) is 53.2 Å². The molecule has 2 amide bonds. The number of rotatable bonds is 6. The van der Waals surface area contributed by atoms with Gasteiger partial charge < -0.3 is 19.9 Å². The molecule has 1 aliphatic heterocycles. The summed E-state index contributed by atoms with van der Waals surface area (Å²) in [6.45, 7) is 0.502. The molecule has 1 unspecified atom stereocenters. The van der Waals surface area contributed by atoms with Crippen LogP contribution < -0.4 is 10.1 Å². The van der Waals surface area contributed by atoms with Crippen LogP contribution in [0.3, 0.4) is 0 Å². The molecule has 2 aliphatic carbocycles. The standard InChI is InChI=1S/C26H29ClN4O4/c1-35-22-7-6-18(27)23-17(22)11-19(30-23)25(34)31-14-26(8-3-9-26)12-20(31)24(33)29-16(13-28)10-15-4-2-5-21(15)32/h6-7,11,15-16,20,30H,2-5,8-10,12,14H2,1H3,(H,29,33)/t15-,16-,20?/m0/s1. The van der Waals surface area contributed by atoms with E-state index in [1.54, 1.807) is 30.2 Å². The van der Waals surface area contributed by atoms with Crippen LogP contribution in [-0.2, 0) is 9.59 Å². The van der Waals surface area contributed by atoms with Crippen LogP contribution in [0.1, 0.15) is 61.9 Å². The molecule has 184 valence electrons. The van der Waals surface area contributed by atoms with Crippen molar-refractivity contribution in [3.8, 4) is 11.8 Å². The Labute approximate surface area is 208 Å². The summed E-state index contributed by atoms with van der Waals surface area (Å²) < 4.78 is 5.42. The summed E-state index contributed by atoms with van der Waals surface area (Å²) in [6, 6.07) is 5.90. The molecular weight excluding hydrogens is 468 g/mol. The number of ketones is 1. The second kappa shape index (κ2) is 9.19. The molecule has 2 heterocycles. The number of H-pyrrole nitrogens is 1. The molecule has 1 aromatic carbocycles. The molecule has 0 radical (unpaired) electrons. The summed E-state index contributed by atoms with van der Waals surface area (Å²) in [4.78, 5) is 43.8. The zero-order valence-electron chi connectivity index (χ0n) is 19.7. The molecule has 2 N–H and O–H groups in total. The molecule has 3 aliphatic rings. The number of likely N-dealkylation sites (tertiary alicyclic amines) is 1. The van der Waals surface area contributed by atoms with Crippen LogP contribution in [-0.4, -0.2) is 53.2 Å². The first kappa shape index (κ1) is 23.7. The van der Waals surface area contributed by atoms with Crippen LogP contribution in [0.15, 0.2) is 18.2 Å². The van der Waals surface area contributed by atoms with Gasteiger partial charge in [-0.05, 0) is 62.1 Å². The number of carbonyl (C=O) groups excluding carboxylic acids is 3. The second-order valence-corrected chi connectivity index (χ2v) is 10.6. The molecule has 35 heavy (non-hydrogen) atoms. The summed E-state index contributed by atoms with van der Waals surface area (Å²) in [5.74, 6) is -0.0124. The van der Waals surface area contributed by atoms with Gasteiger partial charge in [0.05, 0.1) is 23.7 Å². The molecule has 2 saturated carbocycles. The van der Waals surface area contributed by atoms with Crippen LogP contribution >= 0.6 is 11.6 Å². The maximum atomic E-state index is 13.7. The average molecular weight is 497 g/mol. The topological polar surface area (TPSA) is 115 Å². The first-order valence-electron chi connectivity index (χ1n) is 12.2. The monoisotopic (exact) mass is 496 g/mol. The Morgan fingerprint density at radius 3 is 2.80 bits per heavy atom. The van der Waals surface area contributed by atoms with E-state index in [1.807, 2.05) is 0 Å². The van der Waals surface area contributed by atoms with Crippen LogP contribution in [0.5, 0.6) is 5.75 Å². The molecule has 9 heteroatoms. The number of carbonyl (C=O) groups is 3. The van der Waals surface area contributed by atoms with E-state index < -0.39 is 12.1 Å². The summed E-state index contributed by atoms with van der Waals surface area (Å²) in [7, 11) is 1.56. The fourth-order valence-corrected chi connectivity index (χ4v) is 6.20. The van der Waals surface area contributed by atoms with E-state index in [4.69, 9.17) is 16.3 Å². The van der Waals surface area contributed by atoms with E-state index in [0.717, 1.165) is 32.1 Å². The Morgan fingerprint density at radius 1 is 1.37 bits per heavy atom. The smallest absolute Gasteiger partial charge is 0.271 e. The lowest BCUT2D eigenvalue weighted by molar-refractivity contribution is -0.126. The van der Waals surface area contributed by atoms with Crippen molar-refractivity contribution in [2.45, 2.75) is 63.5 Å². The fraction of sp³-hybridized carbons (Fsp3) is 0.538. The van der Waals surface area contributed by atoms with Crippen molar-refractivity contribution in [2.24, 2.45) is 11.3 Å². The molecule has 3 fully saturated rings. The van der Waals surface area contributed by atoms with Gasteiger partial charge in [0.25, 0.3) is 5.91 Å². The number of nitrogens with zero attached hydrogens (tertiary/aromatic N) is 2. The molecule has 2 aromatic rings. The van der Waals surface area contributed by atoms with Crippen molar-refractivity contribution in [3.63, 3.8) is 0 Å². The normalized spacial score (nSPS) is 23.8.